The predicted molar refractivity (Wildman–Crippen MR) is 296 cm³/mol. The van der Waals surface area contributed by atoms with E-state index in [1.807, 2.05) is 0 Å². The van der Waals surface area contributed by atoms with Crippen LogP contribution in [0.2, 0.25) is 0 Å². The summed E-state index contributed by atoms with van der Waals surface area (Å²) in [5, 5.41) is 22.9. The molecule has 0 aliphatic rings. The molecule has 0 bridgehead atoms. The number of benzene rings is 9. The van der Waals surface area contributed by atoms with E-state index < -0.39 is 74.1 Å². The molecule has 7 nitrogen and oxygen atoms in total. The summed E-state index contributed by atoms with van der Waals surface area (Å²) in [7, 11) is -2.50. The van der Waals surface area contributed by atoms with Crippen LogP contribution in [0.4, 0.5) is 26.3 Å². The second kappa shape index (κ2) is 21.9. The molecular formula is C62H45BF6N2O5P2. The average molecular weight is 1080 g/mol. The number of nitriles is 2. The van der Waals surface area contributed by atoms with E-state index in [9.17, 15) is 10.5 Å². The second-order valence-corrected chi connectivity index (χ2v) is 27.3. The summed E-state index contributed by atoms with van der Waals surface area (Å²) < 4.78 is 113. The van der Waals surface area contributed by atoms with Crippen molar-refractivity contribution in [2.24, 2.45) is 0 Å². The number of Topliss-reactive ketones (excluding diaryl/α,β-unsaturated/α-hetero) is 2. The molecule has 0 N–H and O–H groups in total. The molecular weight excluding hydrogens is 1040 g/mol. The summed E-state index contributed by atoms with van der Waals surface area (Å²) in [6, 6.07) is 68.4. The van der Waals surface area contributed by atoms with Crippen LogP contribution in [0, 0.1) is 22.7 Å². The number of rotatable bonds is 18. The molecule has 0 aliphatic heterocycles. The number of hydrogen-bond acceptors (Lipinski definition) is 7. The molecule has 78 heavy (non-hydrogen) atoms. The molecule has 0 saturated heterocycles. The quantitative estimate of drug-likeness (QED) is 0.0364. The van der Waals surface area contributed by atoms with Gasteiger partial charge in [0.2, 0.25) is 0 Å². The Balaban J connectivity index is 1.49. The first kappa shape index (κ1) is 54.3. The maximum absolute atomic E-state index is 15.8. The first-order chi connectivity index (χ1) is 37.5. The molecule has 9 rings (SSSR count). The van der Waals surface area contributed by atoms with Crippen molar-refractivity contribution in [3.05, 3.63) is 282 Å². The number of hydrogen-bond donors (Lipinski definition) is 0. The third kappa shape index (κ3) is 9.92. The number of carbonyl (C=O) groups is 2. The average Bonchev–Trinajstić information content (AvgIpc) is 3.19. The van der Waals surface area contributed by atoms with E-state index in [4.69, 9.17) is 13.5 Å². The summed E-state index contributed by atoms with van der Waals surface area (Å²) in [5.74, 6) is -2.26. The van der Waals surface area contributed by atoms with Gasteiger partial charge in [-0.15, -0.1) is 0 Å². The molecule has 0 aromatic heterocycles. The Morgan fingerprint density at radius 1 is 0.397 bits per heavy atom. The van der Waals surface area contributed by atoms with Crippen LogP contribution in [0.3, 0.4) is 0 Å². The van der Waals surface area contributed by atoms with Crippen molar-refractivity contribution in [1.82, 2.24) is 0 Å². The molecule has 0 amide bonds. The van der Waals surface area contributed by atoms with Crippen molar-refractivity contribution in [2.45, 2.75) is 12.4 Å². The predicted octanol–water partition coefficient (Wildman–Crippen LogP) is 12.5. The van der Waals surface area contributed by atoms with Crippen molar-refractivity contribution in [3.8, 4) is 17.9 Å². The van der Waals surface area contributed by atoms with Crippen LogP contribution in [0.1, 0.15) is 43.0 Å². The minimum atomic E-state index is -5.45. The van der Waals surface area contributed by atoms with Crippen LogP contribution in [0.15, 0.2) is 249 Å². The number of carbonyl (C=O) groups excluding carboxylic acids is 2. The Kier molecular flexibility index (Phi) is 15.2. The summed E-state index contributed by atoms with van der Waals surface area (Å²) in [6.45, 7) is -10.9. The van der Waals surface area contributed by atoms with Crippen molar-refractivity contribution in [1.29, 1.82) is 10.5 Å². The molecule has 9 aromatic rings. The van der Waals surface area contributed by atoms with Gasteiger partial charge in [0.25, 0.3) is 0 Å². The van der Waals surface area contributed by atoms with E-state index >= 15 is 35.9 Å². The molecule has 0 saturated carbocycles. The van der Waals surface area contributed by atoms with Gasteiger partial charge in [0, 0.05) is 0 Å². The van der Waals surface area contributed by atoms with Gasteiger partial charge in [-0.05, 0) is 0 Å². The van der Waals surface area contributed by atoms with E-state index in [-0.39, 0.29) is 28.3 Å². The van der Waals surface area contributed by atoms with Crippen LogP contribution >= 0.6 is 13.7 Å². The molecule has 388 valence electrons. The fourth-order valence-electron chi connectivity index (χ4n) is 10.3. The molecule has 9 aromatic carbocycles. The van der Waals surface area contributed by atoms with Crippen LogP contribution in [0.5, 0.6) is 5.75 Å². The first-order valence-electron chi connectivity index (χ1n) is 24.3. The van der Waals surface area contributed by atoms with E-state index in [0.717, 1.165) is 0 Å². The standard InChI is InChI=1S/C62H45BF6N2O5P2/c64-61(65,66)48-39-49(62(67,68)69)41-50(40-48)74-63(75-77(51-25-7-1-8-26-51,52-27-9-2-10-28-52,53-29-11-3-12-30-53)44-59(72)57-37-21-19-23-46(57)42-70)76-78(54-31-13-4-14-32-54,55-33-15-5-16-34-55,56-35-17-6-18-36-56)45-60(73)58-38-22-20-24-47(58)43-71/h1-41H,44-45H2. The third-order valence-electron chi connectivity index (χ3n) is 13.8. The summed E-state index contributed by atoms with van der Waals surface area (Å²) in [4.78, 5) is 31.6. The molecule has 16 heteroatoms. The molecule has 0 aliphatic carbocycles. The van der Waals surface area contributed by atoms with Gasteiger partial charge < -0.3 is 0 Å². The topological polar surface area (TPSA) is 109 Å². The molecule has 0 radical (unpaired) electrons. The SMILES string of the molecule is N#Cc1ccccc1C(=O)CP(OB(Oc1cc(C(F)(F)F)cc(C(F)(F)F)c1)OP(CC(=O)c1ccccc1C#N)(c1ccccc1)(c1ccccc1)c1ccccc1)(c1ccccc1)(c1ccccc1)c1ccccc1. The van der Waals surface area contributed by atoms with Crippen molar-refractivity contribution < 1.29 is 49.5 Å². The van der Waals surface area contributed by atoms with Gasteiger partial charge in [-0.3, -0.25) is 0 Å². The summed E-state index contributed by atoms with van der Waals surface area (Å²) >= 11 is 0. The zero-order valence-corrected chi connectivity index (χ0v) is 43.0. The number of ketones is 2. The zero-order chi connectivity index (χ0) is 55.1. The Morgan fingerprint density at radius 2 is 0.654 bits per heavy atom. The monoisotopic (exact) mass is 1080 g/mol. The molecule has 0 atom stereocenters. The molecule has 0 unspecified atom stereocenters. The van der Waals surface area contributed by atoms with E-state index in [2.05, 4.69) is 12.1 Å². The van der Waals surface area contributed by atoms with Gasteiger partial charge >= 0.3 is 449 Å². The van der Waals surface area contributed by atoms with Crippen LogP contribution in [0.25, 0.3) is 0 Å². The van der Waals surface area contributed by atoms with Crippen LogP contribution in [-0.4, -0.2) is 31.2 Å². The van der Waals surface area contributed by atoms with Crippen molar-refractivity contribution >= 4 is 64.4 Å². The molecule has 0 spiro atoms. The molecule has 0 heterocycles. The third-order valence-corrected chi connectivity index (χ3v) is 25.2. The Labute approximate surface area is 447 Å². The maximum atomic E-state index is 15.8. The Morgan fingerprint density at radius 3 is 0.910 bits per heavy atom. The fourth-order valence-corrected chi connectivity index (χ4v) is 21.3. The van der Waals surface area contributed by atoms with Crippen molar-refractivity contribution in [3.63, 3.8) is 0 Å². The number of halogens is 6. The zero-order valence-electron chi connectivity index (χ0n) is 41.3. The van der Waals surface area contributed by atoms with Gasteiger partial charge in [-0.25, -0.2) is 0 Å². The van der Waals surface area contributed by atoms with Crippen LogP contribution in [-0.2, 0) is 21.2 Å². The van der Waals surface area contributed by atoms with Crippen LogP contribution < -0.4 is 36.5 Å². The number of nitrogens with zero attached hydrogens (tertiary/aromatic N) is 2. The Hall–Kier alpha value is -8.48. The van der Waals surface area contributed by atoms with Crippen molar-refractivity contribution in [2.75, 3.05) is 12.3 Å². The van der Waals surface area contributed by atoms with E-state index in [1.165, 1.54) is 24.3 Å². The van der Waals surface area contributed by atoms with Gasteiger partial charge in [0.05, 0.1) is 0 Å². The first-order valence-corrected chi connectivity index (χ1v) is 29.0. The van der Waals surface area contributed by atoms with Gasteiger partial charge in [0.1, 0.15) is 0 Å². The van der Waals surface area contributed by atoms with E-state index in [1.54, 1.807) is 206 Å². The number of alkyl halides is 6. The van der Waals surface area contributed by atoms with E-state index in [0.29, 0.717) is 44.0 Å². The fraction of sp³-hybridized carbons (Fsp3) is 0.0645. The summed E-state index contributed by atoms with van der Waals surface area (Å²) in [5.41, 5.74) is -3.41. The van der Waals surface area contributed by atoms with Gasteiger partial charge in [-0.2, -0.15) is 0 Å². The minimum absolute atomic E-state index is 0.00859. The second-order valence-electron chi connectivity index (χ2n) is 18.3. The van der Waals surface area contributed by atoms with Gasteiger partial charge in [-0.1, -0.05) is 0 Å². The van der Waals surface area contributed by atoms with Gasteiger partial charge in [0.15, 0.2) is 0 Å². The molecule has 0 fully saturated rings. The summed E-state index contributed by atoms with van der Waals surface area (Å²) in [6.07, 6.45) is -11.9. The normalized spacial score (nSPS) is 12.8. The Bertz CT molecular complexity index is 3260.